The molecule has 0 saturated carbocycles. The number of hydrogen-bond donors (Lipinski definition) is 0. The van der Waals surface area contributed by atoms with Gasteiger partial charge in [0, 0.05) is 5.33 Å². The van der Waals surface area contributed by atoms with Crippen molar-refractivity contribution < 1.29 is 14.2 Å². The molecule has 4 heteroatoms. The summed E-state index contributed by atoms with van der Waals surface area (Å²) in [6.07, 6.45) is 4.24. The van der Waals surface area contributed by atoms with Crippen molar-refractivity contribution in [3.8, 4) is 23.0 Å². The zero-order chi connectivity index (χ0) is 17.2. The molecule has 24 heavy (non-hydrogen) atoms. The van der Waals surface area contributed by atoms with Gasteiger partial charge < -0.3 is 14.2 Å². The quantitative estimate of drug-likeness (QED) is 0.366. The molecular formula is C20H25BrO3. The van der Waals surface area contributed by atoms with Gasteiger partial charge in [-0.05, 0) is 67.3 Å². The smallest absolute Gasteiger partial charge is 0.127 e. The van der Waals surface area contributed by atoms with Crippen LogP contribution in [0, 0.1) is 0 Å². The minimum absolute atomic E-state index is 0.751. The second-order valence-corrected chi connectivity index (χ2v) is 6.33. The van der Waals surface area contributed by atoms with E-state index in [0.717, 1.165) is 60.6 Å². The molecule has 2 rings (SSSR count). The number of hydrogen-bond acceptors (Lipinski definition) is 3. The molecule has 0 aliphatic heterocycles. The number of benzene rings is 2. The van der Waals surface area contributed by atoms with Crippen LogP contribution in [0.3, 0.4) is 0 Å². The Morgan fingerprint density at radius 1 is 0.917 bits per heavy atom. The lowest BCUT2D eigenvalue weighted by molar-refractivity contribution is 0.306. The van der Waals surface area contributed by atoms with Gasteiger partial charge in [0.05, 0.1) is 13.7 Å². The van der Waals surface area contributed by atoms with E-state index in [1.165, 1.54) is 5.56 Å². The molecule has 0 unspecified atom stereocenters. The number of alkyl halides is 1. The van der Waals surface area contributed by atoms with E-state index in [4.69, 9.17) is 14.2 Å². The standard InChI is InChI=1S/C20H25BrO3/c1-3-6-16-15-19(11-12-20(16)23-14-5-4-13-21)24-18-9-7-17(22-2)8-10-18/h7-12,15H,3-6,13-14H2,1-2H3. The lowest BCUT2D eigenvalue weighted by Gasteiger charge is -2.13. The monoisotopic (exact) mass is 392 g/mol. The fraction of sp³-hybridized carbons (Fsp3) is 0.400. The summed E-state index contributed by atoms with van der Waals surface area (Å²) < 4.78 is 17.0. The van der Waals surface area contributed by atoms with Crippen molar-refractivity contribution in [2.24, 2.45) is 0 Å². The average molecular weight is 393 g/mol. The Labute approximate surface area is 153 Å². The summed E-state index contributed by atoms with van der Waals surface area (Å²) >= 11 is 3.45. The first kappa shape index (κ1) is 18.7. The van der Waals surface area contributed by atoms with E-state index in [2.05, 4.69) is 28.9 Å². The number of unbranched alkanes of at least 4 members (excludes halogenated alkanes) is 1. The second kappa shape index (κ2) is 10.2. The fourth-order valence-corrected chi connectivity index (χ4v) is 2.78. The first-order valence-electron chi connectivity index (χ1n) is 8.40. The van der Waals surface area contributed by atoms with Crippen molar-refractivity contribution in [1.29, 1.82) is 0 Å². The van der Waals surface area contributed by atoms with Gasteiger partial charge in [0.2, 0.25) is 0 Å². The van der Waals surface area contributed by atoms with Crippen LogP contribution in [0.1, 0.15) is 31.7 Å². The van der Waals surface area contributed by atoms with Crippen molar-refractivity contribution in [3.63, 3.8) is 0 Å². The third kappa shape index (κ3) is 5.75. The van der Waals surface area contributed by atoms with Crippen LogP contribution < -0.4 is 14.2 Å². The average Bonchev–Trinajstić information content (AvgIpc) is 2.61. The lowest BCUT2D eigenvalue weighted by Crippen LogP contribution is -2.01. The van der Waals surface area contributed by atoms with Gasteiger partial charge in [-0.25, -0.2) is 0 Å². The highest BCUT2D eigenvalue weighted by atomic mass is 79.9. The molecular weight excluding hydrogens is 368 g/mol. The van der Waals surface area contributed by atoms with Crippen LogP contribution in [-0.4, -0.2) is 19.0 Å². The van der Waals surface area contributed by atoms with Gasteiger partial charge in [-0.3, -0.25) is 0 Å². The van der Waals surface area contributed by atoms with Crippen LogP contribution in [0.4, 0.5) is 0 Å². The normalized spacial score (nSPS) is 10.5. The molecule has 3 nitrogen and oxygen atoms in total. The predicted molar refractivity (Wildman–Crippen MR) is 102 cm³/mol. The van der Waals surface area contributed by atoms with Crippen LogP contribution in [0.15, 0.2) is 42.5 Å². The minimum atomic E-state index is 0.751. The van der Waals surface area contributed by atoms with E-state index in [9.17, 15) is 0 Å². The molecule has 0 aromatic heterocycles. The topological polar surface area (TPSA) is 27.7 Å². The molecule has 0 spiro atoms. The van der Waals surface area contributed by atoms with Gasteiger partial charge in [0.25, 0.3) is 0 Å². The largest absolute Gasteiger partial charge is 0.497 e. The van der Waals surface area contributed by atoms with Crippen molar-refractivity contribution >= 4 is 15.9 Å². The summed E-state index contributed by atoms with van der Waals surface area (Å²) in [6, 6.07) is 13.6. The summed E-state index contributed by atoms with van der Waals surface area (Å²) in [6.45, 7) is 2.92. The maximum atomic E-state index is 5.95. The van der Waals surface area contributed by atoms with Crippen LogP contribution in [-0.2, 0) is 6.42 Å². The SMILES string of the molecule is CCCc1cc(Oc2ccc(OC)cc2)ccc1OCCCCBr. The molecule has 0 heterocycles. The minimum Gasteiger partial charge on any atom is -0.497 e. The number of methoxy groups -OCH3 is 1. The summed E-state index contributed by atoms with van der Waals surface area (Å²) in [5.41, 5.74) is 1.20. The Hall–Kier alpha value is -1.68. The van der Waals surface area contributed by atoms with E-state index in [-0.39, 0.29) is 0 Å². The van der Waals surface area contributed by atoms with E-state index in [0.29, 0.717) is 0 Å². The highest BCUT2D eigenvalue weighted by Gasteiger charge is 2.07. The first-order valence-corrected chi connectivity index (χ1v) is 9.52. The van der Waals surface area contributed by atoms with Crippen LogP contribution >= 0.6 is 15.9 Å². The Bertz CT molecular complexity index is 611. The molecule has 0 saturated heterocycles. The van der Waals surface area contributed by atoms with Gasteiger partial charge >= 0.3 is 0 Å². The highest BCUT2D eigenvalue weighted by molar-refractivity contribution is 9.09. The molecule has 2 aromatic rings. The van der Waals surface area contributed by atoms with E-state index >= 15 is 0 Å². The number of aryl methyl sites for hydroxylation is 1. The molecule has 0 atom stereocenters. The second-order valence-electron chi connectivity index (χ2n) is 5.54. The Balaban J connectivity index is 2.05. The summed E-state index contributed by atoms with van der Waals surface area (Å²) in [4.78, 5) is 0. The maximum absolute atomic E-state index is 5.95. The molecule has 130 valence electrons. The number of ether oxygens (including phenoxy) is 3. The van der Waals surface area contributed by atoms with Crippen LogP contribution in [0.2, 0.25) is 0 Å². The van der Waals surface area contributed by atoms with Crippen LogP contribution in [0.25, 0.3) is 0 Å². The molecule has 0 bridgehead atoms. The van der Waals surface area contributed by atoms with Crippen molar-refractivity contribution in [3.05, 3.63) is 48.0 Å². The zero-order valence-corrected chi connectivity index (χ0v) is 16.0. The molecule has 0 radical (unpaired) electrons. The molecule has 0 fully saturated rings. The molecule has 0 amide bonds. The van der Waals surface area contributed by atoms with Gasteiger partial charge in [-0.1, -0.05) is 29.3 Å². The lowest BCUT2D eigenvalue weighted by atomic mass is 10.1. The van der Waals surface area contributed by atoms with E-state index in [1.807, 2.05) is 36.4 Å². The van der Waals surface area contributed by atoms with Gasteiger partial charge in [-0.2, -0.15) is 0 Å². The zero-order valence-electron chi connectivity index (χ0n) is 14.4. The summed E-state index contributed by atoms with van der Waals surface area (Å²) in [7, 11) is 1.66. The fourth-order valence-electron chi connectivity index (χ4n) is 2.38. The van der Waals surface area contributed by atoms with Crippen molar-refractivity contribution in [2.45, 2.75) is 32.6 Å². The predicted octanol–water partition coefficient (Wildman–Crippen LogP) is 5.99. The molecule has 0 N–H and O–H groups in total. The number of rotatable bonds is 10. The Morgan fingerprint density at radius 3 is 2.29 bits per heavy atom. The van der Waals surface area contributed by atoms with E-state index < -0.39 is 0 Å². The van der Waals surface area contributed by atoms with Gasteiger partial charge in [-0.15, -0.1) is 0 Å². The third-order valence-electron chi connectivity index (χ3n) is 3.63. The van der Waals surface area contributed by atoms with Gasteiger partial charge in [0.15, 0.2) is 0 Å². The summed E-state index contributed by atoms with van der Waals surface area (Å²) in [5.74, 6) is 3.41. The highest BCUT2D eigenvalue weighted by Crippen LogP contribution is 2.29. The Kier molecular flexibility index (Phi) is 7.96. The first-order chi connectivity index (χ1) is 11.8. The molecule has 0 aliphatic rings. The van der Waals surface area contributed by atoms with Crippen molar-refractivity contribution in [2.75, 3.05) is 19.0 Å². The number of halogens is 1. The van der Waals surface area contributed by atoms with Gasteiger partial charge in [0.1, 0.15) is 23.0 Å². The van der Waals surface area contributed by atoms with E-state index in [1.54, 1.807) is 7.11 Å². The molecule has 0 aliphatic carbocycles. The van der Waals surface area contributed by atoms with Crippen molar-refractivity contribution in [1.82, 2.24) is 0 Å². The Morgan fingerprint density at radius 2 is 1.62 bits per heavy atom. The summed E-state index contributed by atoms with van der Waals surface area (Å²) in [5, 5.41) is 1.02. The van der Waals surface area contributed by atoms with Crippen LogP contribution in [0.5, 0.6) is 23.0 Å². The maximum Gasteiger partial charge on any atom is 0.127 e. The molecule has 2 aromatic carbocycles. The third-order valence-corrected chi connectivity index (χ3v) is 4.19.